The summed E-state index contributed by atoms with van der Waals surface area (Å²) in [6.45, 7) is 4.86. The molecule has 5 heteroatoms. The summed E-state index contributed by atoms with van der Waals surface area (Å²) < 4.78 is 5.51. The topological polar surface area (TPSA) is 66.8 Å². The highest BCUT2D eigenvalue weighted by atomic mass is 16.5. The van der Waals surface area contributed by atoms with Crippen LogP contribution in [0.2, 0.25) is 0 Å². The summed E-state index contributed by atoms with van der Waals surface area (Å²) in [5.74, 6) is -0.774. The van der Waals surface area contributed by atoms with Gasteiger partial charge in [0.1, 0.15) is 5.75 Å². The summed E-state index contributed by atoms with van der Waals surface area (Å²) in [5.41, 5.74) is 2.29. The lowest BCUT2D eigenvalue weighted by atomic mass is 9.98. The summed E-state index contributed by atoms with van der Waals surface area (Å²) >= 11 is 0. The average Bonchev–Trinajstić information content (AvgIpc) is 2.48. The Morgan fingerprint density at radius 3 is 2.76 bits per heavy atom. The number of hydrogen-bond donors (Lipinski definition) is 1. The first-order chi connectivity index (χ1) is 9.97. The Morgan fingerprint density at radius 2 is 2.10 bits per heavy atom. The minimum Gasteiger partial charge on any atom is -0.484 e. The van der Waals surface area contributed by atoms with Gasteiger partial charge < -0.3 is 14.7 Å². The number of aliphatic carboxylic acids is 1. The van der Waals surface area contributed by atoms with Gasteiger partial charge in [-0.15, -0.1) is 0 Å². The molecule has 1 aliphatic heterocycles. The van der Waals surface area contributed by atoms with E-state index in [0.29, 0.717) is 18.7 Å². The molecule has 2 rings (SSSR count). The SMILES string of the molecule is Cc1ccc(OCC(=O)N2CCC[C@H](C(=O)O)C2)cc1C. The van der Waals surface area contributed by atoms with Crippen LogP contribution in [0, 0.1) is 19.8 Å². The van der Waals surface area contributed by atoms with Crippen molar-refractivity contribution >= 4 is 11.9 Å². The lowest BCUT2D eigenvalue weighted by Gasteiger charge is -2.30. The van der Waals surface area contributed by atoms with Crippen LogP contribution in [0.15, 0.2) is 18.2 Å². The second-order valence-corrected chi connectivity index (χ2v) is 5.55. The molecule has 0 spiro atoms. The molecule has 0 bridgehead atoms. The van der Waals surface area contributed by atoms with Gasteiger partial charge in [0.15, 0.2) is 6.61 Å². The van der Waals surface area contributed by atoms with Gasteiger partial charge in [0.2, 0.25) is 0 Å². The number of rotatable bonds is 4. The van der Waals surface area contributed by atoms with Gasteiger partial charge >= 0.3 is 5.97 Å². The van der Waals surface area contributed by atoms with Gasteiger partial charge in [-0.3, -0.25) is 9.59 Å². The van der Waals surface area contributed by atoms with Gasteiger partial charge in [0.05, 0.1) is 5.92 Å². The Kier molecular flexibility index (Phi) is 4.83. The zero-order valence-electron chi connectivity index (χ0n) is 12.5. The van der Waals surface area contributed by atoms with E-state index in [1.165, 1.54) is 5.56 Å². The van der Waals surface area contributed by atoms with Crippen molar-refractivity contribution in [2.75, 3.05) is 19.7 Å². The molecule has 1 fully saturated rings. The van der Waals surface area contributed by atoms with Crippen LogP contribution in [0.3, 0.4) is 0 Å². The number of aryl methyl sites for hydroxylation is 2. The molecule has 1 aromatic carbocycles. The van der Waals surface area contributed by atoms with E-state index in [1.807, 2.05) is 32.0 Å². The Balaban J connectivity index is 1.89. The summed E-state index contributed by atoms with van der Waals surface area (Å²) in [6, 6.07) is 5.70. The number of carboxylic acids is 1. The van der Waals surface area contributed by atoms with Crippen molar-refractivity contribution in [1.29, 1.82) is 0 Å². The maximum Gasteiger partial charge on any atom is 0.308 e. The first kappa shape index (κ1) is 15.4. The van der Waals surface area contributed by atoms with E-state index in [1.54, 1.807) is 4.90 Å². The molecule has 5 nitrogen and oxygen atoms in total. The van der Waals surface area contributed by atoms with Crippen LogP contribution in [0.5, 0.6) is 5.75 Å². The van der Waals surface area contributed by atoms with Crippen LogP contribution in [0.1, 0.15) is 24.0 Å². The molecule has 114 valence electrons. The van der Waals surface area contributed by atoms with Gasteiger partial charge in [-0.05, 0) is 49.9 Å². The maximum absolute atomic E-state index is 12.1. The number of benzene rings is 1. The number of ether oxygens (including phenoxy) is 1. The average molecular weight is 291 g/mol. The largest absolute Gasteiger partial charge is 0.484 e. The summed E-state index contributed by atoms with van der Waals surface area (Å²) in [6.07, 6.45) is 1.36. The highest BCUT2D eigenvalue weighted by Crippen LogP contribution is 2.18. The molecule has 0 saturated carbocycles. The summed E-state index contributed by atoms with van der Waals surface area (Å²) in [4.78, 5) is 24.7. The van der Waals surface area contributed by atoms with Gasteiger partial charge in [0, 0.05) is 13.1 Å². The van der Waals surface area contributed by atoms with Gasteiger partial charge in [-0.1, -0.05) is 6.07 Å². The molecule has 0 radical (unpaired) electrons. The molecule has 1 heterocycles. The van der Waals surface area contributed by atoms with Gasteiger partial charge in [0.25, 0.3) is 5.91 Å². The van der Waals surface area contributed by atoms with Crippen molar-refractivity contribution in [3.05, 3.63) is 29.3 Å². The number of piperidine rings is 1. The van der Waals surface area contributed by atoms with Crippen LogP contribution in [-0.2, 0) is 9.59 Å². The molecule has 0 unspecified atom stereocenters. The van der Waals surface area contributed by atoms with Crippen LogP contribution >= 0.6 is 0 Å². The first-order valence-corrected chi connectivity index (χ1v) is 7.18. The molecule has 1 amide bonds. The fourth-order valence-electron chi connectivity index (χ4n) is 2.45. The lowest BCUT2D eigenvalue weighted by Crippen LogP contribution is -2.44. The Morgan fingerprint density at radius 1 is 1.33 bits per heavy atom. The molecule has 21 heavy (non-hydrogen) atoms. The van der Waals surface area contributed by atoms with Crippen molar-refractivity contribution in [1.82, 2.24) is 4.90 Å². The number of carboxylic acid groups (broad SMARTS) is 1. The van der Waals surface area contributed by atoms with Gasteiger partial charge in [-0.2, -0.15) is 0 Å². The quantitative estimate of drug-likeness (QED) is 0.921. The molecule has 1 saturated heterocycles. The van der Waals surface area contributed by atoms with E-state index in [9.17, 15) is 9.59 Å². The minimum absolute atomic E-state index is 0.0468. The third-order valence-corrected chi connectivity index (χ3v) is 3.96. The highest BCUT2D eigenvalue weighted by molar-refractivity contribution is 5.79. The summed E-state index contributed by atoms with van der Waals surface area (Å²) in [5, 5.41) is 9.03. The third kappa shape index (κ3) is 3.97. The number of carbonyl (C=O) groups is 2. The van der Waals surface area contributed by atoms with Crippen molar-refractivity contribution in [3.8, 4) is 5.75 Å². The van der Waals surface area contributed by atoms with E-state index in [2.05, 4.69) is 0 Å². The molecule has 1 aliphatic rings. The maximum atomic E-state index is 12.1. The molecule has 0 aromatic heterocycles. The fraction of sp³-hybridized carbons (Fsp3) is 0.500. The van der Waals surface area contributed by atoms with E-state index < -0.39 is 11.9 Å². The van der Waals surface area contributed by atoms with Crippen molar-refractivity contribution in [2.45, 2.75) is 26.7 Å². The number of carbonyl (C=O) groups excluding carboxylic acids is 1. The van der Waals surface area contributed by atoms with Crippen LogP contribution in [-0.4, -0.2) is 41.6 Å². The molecule has 1 atom stereocenters. The van der Waals surface area contributed by atoms with Crippen LogP contribution in [0.4, 0.5) is 0 Å². The number of nitrogens with zero attached hydrogens (tertiary/aromatic N) is 1. The van der Waals surface area contributed by atoms with E-state index in [-0.39, 0.29) is 19.1 Å². The predicted molar refractivity (Wildman–Crippen MR) is 78.4 cm³/mol. The molecule has 1 aromatic rings. The Bertz CT molecular complexity index is 541. The second-order valence-electron chi connectivity index (χ2n) is 5.55. The second kappa shape index (κ2) is 6.61. The smallest absolute Gasteiger partial charge is 0.308 e. The fourth-order valence-corrected chi connectivity index (χ4v) is 2.45. The lowest BCUT2D eigenvalue weighted by molar-refractivity contribution is -0.146. The van der Waals surface area contributed by atoms with Crippen molar-refractivity contribution in [3.63, 3.8) is 0 Å². The molecule has 1 N–H and O–H groups in total. The number of amides is 1. The van der Waals surface area contributed by atoms with Gasteiger partial charge in [-0.25, -0.2) is 0 Å². The number of hydrogen-bond acceptors (Lipinski definition) is 3. The Labute approximate surface area is 124 Å². The van der Waals surface area contributed by atoms with E-state index in [0.717, 1.165) is 12.0 Å². The van der Waals surface area contributed by atoms with Crippen molar-refractivity contribution < 1.29 is 19.4 Å². The first-order valence-electron chi connectivity index (χ1n) is 7.18. The minimum atomic E-state index is -0.831. The number of likely N-dealkylation sites (tertiary alicyclic amines) is 1. The highest BCUT2D eigenvalue weighted by Gasteiger charge is 2.28. The van der Waals surface area contributed by atoms with E-state index >= 15 is 0 Å². The Hall–Kier alpha value is -2.04. The van der Waals surface area contributed by atoms with Crippen molar-refractivity contribution in [2.24, 2.45) is 5.92 Å². The summed E-state index contributed by atoms with van der Waals surface area (Å²) in [7, 11) is 0. The van der Waals surface area contributed by atoms with E-state index in [4.69, 9.17) is 9.84 Å². The van der Waals surface area contributed by atoms with Crippen LogP contribution in [0.25, 0.3) is 0 Å². The van der Waals surface area contributed by atoms with Crippen LogP contribution < -0.4 is 4.74 Å². The zero-order valence-corrected chi connectivity index (χ0v) is 12.5. The molecular formula is C16H21NO4. The third-order valence-electron chi connectivity index (χ3n) is 3.96. The standard InChI is InChI=1S/C16H21NO4/c1-11-5-6-14(8-12(11)2)21-10-15(18)17-7-3-4-13(9-17)16(19)20/h5-6,8,13H,3-4,7,9-10H2,1-2H3,(H,19,20)/t13-/m0/s1. The molecular weight excluding hydrogens is 270 g/mol. The monoisotopic (exact) mass is 291 g/mol. The molecule has 0 aliphatic carbocycles. The predicted octanol–water partition coefficient (Wildman–Crippen LogP) is 2.01. The zero-order chi connectivity index (χ0) is 15.4. The normalized spacial score (nSPS) is 18.4.